The molecule has 0 aliphatic carbocycles. The van der Waals surface area contributed by atoms with Crippen molar-refractivity contribution in [1.29, 1.82) is 0 Å². The minimum Gasteiger partial charge on any atom is -0.481 e. The first-order valence-corrected chi connectivity index (χ1v) is 9.15. The predicted octanol–water partition coefficient (Wildman–Crippen LogP) is 3.55. The van der Waals surface area contributed by atoms with Crippen molar-refractivity contribution in [2.45, 2.75) is 32.6 Å². The summed E-state index contributed by atoms with van der Waals surface area (Å²) in [5.74, 6) is -0.577. The molecule has 1 saturated heterocycles. The van der Waals surface area contributed by atoms with E-state index in [-0.39, 0.29) is 18.2 Å². The number of amides is 1. The van der Waals surface area contributed by atoms with E-state index in [4.69, 9.17) is 16.7 Å². The maximum atomic E-state index is 12.9. The summed E-state index contributed by atoms with van der Waals surface area (Å²) in [5, 5.41) is 13.9. The van der Waals surface area contributed by atoms with Crippen LogP contribution in [0.15, 0.2) is 30.5 Å². The Balaban J connectivity index is 1.73. The fourth-order valence-corrected chi connectivity index (χ4v) is 3.57. The monoisotopic (exact) mass is 375 g/mol. The number of carboxylic acid groups (broad SMARTS) is 1. The third-order valence-electron chi connectivity index (χ3n) is 4.88. The third kappa shape index (κ3) is 4.07. The van der Waals surface area contributed by atoms with Crippen LogP contribution in [-0.4, -0.2) is 44.8 Å². The van der Waals surface area contributed by atoms with E-state index in [9.17, 15) is 9.59 Å². The molecule has 1 unspecified atom stereocenters. The van der Waals surface area contributed by atoms with E-state index in [1.54, 1.807) is 23.0 Å². The summed E-state index contributed by atoms with van der Waals surface area (Å²) in [6.07, 6.45) is 4.25. The summed E-state index contributed by atoms with van der Waals surface area (Å²) in [5.41, 5.74) is 2.22. The molecule has 138 valence electrons. The second-order valence-electron chi connectivity index (χ2n) is 6.72. The number of nitrogens with zero attached hydrogens (tertiary/aromatic N) is 3. The molecule has 1 atom stereocenters. The Bertz CT molecular complexity index is 801. The molecule has 1 amide bonds. The zero-order valence-corrected chi connectivity index (χ0v) is 15.4. The molecular formula is C19H22ClN3O3. The van der Waals surface area contributed by atoms with Crippen molar-refractivity contribution in [3.8, 4) is 5.69 Å². The standard InChI is InChI=1S/C19H22ClN3O3/c1-13-17(11-21-23(13)16-7-5-15(20)6-8-16)19(26)22-10-2-3-14(12-22)4-9-18(24)25/h5-8,11,14H,2-4,9-10,12H2,1H3,(H,24,25). The lowest BCUT2D eigenvalue weighted by Crippen LogP contribution is -2.40. The lowest BCUT2D eigenvalue weighted by molar-refractivity contribution is -0.137. The van der Waals surface area contributed by atoms with Crippen LogP contribution >= 0.6 is 11.6 Å². The molecule has 2 aromatic rings. The minimum atomic E-state index is -0.784. The van der Waals surface area contributed by atoms with Crippen LogP contribution in [0, 0.1) is 12.8 Å². The largest absolute Gasteiger partial charge is 0.481 e. The van der Waals surface area contributed by atoms with E-state index >= 15 is 0 Å². The van der Waals surface area contributed by atoms with Gasteiger partial charge in [0.25, 0.3) is 5.91 Å². The Morgan fingerprint density at radius 3 is 2.73 bits per heavy atom. The Labute approximate surface area is 157 Å². The highest BCUT2D eigenvalue weighted by Crippen LogP contribution is 2.24. The first-order valence-electron chi connectivity index (χ1n) is 8.77. The van der Waals surface area contributed by atoms with Crippen LogP contribution in [0.5, 0.6) is 0 Å². The molecule has 1 aliphatic rings. The van der Waals surface area contributed by atoms with Gasteiger partial charge in [0.05, 0.1) is 23.1 Å². The van der Waals surface area contributed by atoms with Crippen LogP contribution in [0.25, 0.3) is 5.69 Å². The molecule has 0 saturated carbocycles. The fraction of sp³-hybridized carbons (Fsp3) is 0.421. The van der Waals surface area contributed by atoms with Gasteiger partial charge in [0.1, 0.15) is 0 Å². The summed E-state index contributed by atoms with van der Waals surface area (Å²) in [4.78, 5) is 25.5. The number of carbonyl (C=O) groups is 2. The molecule has 2 heterocycles. The molecule has 6 nitrogen and oxygen atoms in total. The molecule has 0 radical (unpaired) electrons. The SMILES string of the molecule is Cc1c(C(=O)N2CCCC(CCC(=O)O)C2)cnn1-c1ccc(Cl)cc1. The zero-order valence-electron chi connectivity index (χ0n) is 14.7. The molecule has 26 heavy (non-hydrogen) atoms. The van der Waals surface area contributed by atoms with Gasteiger partial charge in [0.15, 0.2) is 0 Å². The van der Waals surface area contributed by atoms with Gasteiger partial charge < -0.3 is 10.0 Å². The average molecular weight is 376 g/mol. The van der Waals surface area contributed by atoms with E-state index in [2.05, 4.69) is 5.10 Å². The summed E-state index contributed by atoms with van der Waals surface area (Å²) in [6.45, 7) is 3.19. The number of carbonyl (C=O) groups excluding carboxylic acids is 1. The third-order valence-corrected chi connectivity index (χ3v) is 5.14. The van der Waals surface area contributed by atoms with Gasteiger partial charge in [-0.1, -0.05) is 11.6 Å². The van der Waals surface area contributed by atoms with Crippen LogP contribution in [0.4, 0.5) is 0 Å². The normalized spacial score (nSPS) is 17.3. The first-order chi connectivity index (χ1) is 12.5. The average Bonchev–Trinajstić information content (AvgIpc) is 3.02. The van der Waals surface area contributed by atoms with Gasteiger partial charge in [-0.3, -0.25) is 9.59 Å². The number of aliphatic carboxylic acids is 1. The van der Waals surface area contributed by atoms with Crippen LogP contribution in [0.2, 0.25) is 5.02 Å². The zero-order chi connectivity index (χ0) is 18.7. The van der Waals surface area contributed by atoms with E-state index < -0.39 is 5.97 Å². The fourth-order valence-electron chi connectivity index (χ4n) is 3.45. The number of halogens is 1. The second-order valence-corrected chi connectivity index (χ2v) is 7.16. The Kier molecular flexibility index (Phi) is 5.61. The molecule has 7 heteroatoms. The van der Waals surface area contributed by atoms with Gasteiger partial charge >= 0.3 is 5.97 Å². The molecular weight excluding hydrogens is 354 g/mol. The number of likely N-dealkylation sites (tertiary alicyclic amines) is 1. The molecule has 1 aromatic heterocycles. The van der Waals surface area contributed by atoms with Crippen molar-refractivity contribution in [2.75, 3.05) is 13.1 Å². The highest BCUT2D eigenvalue weighted by atomic mass is 35.5. The van der Waals surface area contributed by atoms with E-state index in [0.717, 1.165) is 24.2 Å². The lowest BCUT2D eigenvalue weighted by atomic mass is 9.93. The number of aromatic nitrogens is 2. The van der Waals surface area contributed by atoms with Crippen LogP contribution in [0.1, 0.15) is 41.7 Å². The van der Waals surface area contributed by atoms with Gasteiger partial charge in [-0.25, -0.2) is 4.68 Å². The maximum absolute atomic E-state index is 12.9. The summed E-state index contributed by atoms with van der Waals surface area (Å²) < 4.78 is 1.73. The topological polar surface area (TPSA) is 75.4 Å². The van der Waals surface area contributed by atoms with Crippen molar-refractivity contribution in [2.24, 2.45) is 5.92 Å². The Hall–Kier alpha value is -2.34. The first kappa shape index (κ1) is 18.5. The van der Waals surface area contributed by atoms with E-state index in [1.807, 2.05) is 24.0 Å². The predicted molar refractivity (Wildman–Crippen MR) is 98.8 cm³/mol. The van der Waals surface area contributed by atoms with Crippen molar-refractivity contribution in [3.05, 3.63) is 46.7 Å². The maximum Gasteiger partial charge on any atom is 0.303 e. The quantitative estimate of drug-likeness (QED) is 0.867. The van der Waals surface area contributed by atoms with Gasteiger partial charge in [0, 0.05) is 24.5 Å². The number of hydrogen-bond acceptors (Lipinski definition) is 3. The Morgan fingerprint density at radius 1 is 1.31 bits per heavy atom. The van der Waals surface area contributed by atoms with Gasteiger partial charge in [-0.05, 0) is 56.4 Å². The molecule has 1 aliphatic heterocycles. The van der Waals surface area contributed by atoms with Crippen LogP contribution < -0.4 is 0 Å². The molecule has 0 bridgehead atoms. The number of hydrogen-bond donors (Lipinski definition) is 1. The number of benzene rings is 1. The lowest BCUT2D eigenvalue weighted by Gasteiger charge is -2.32. The number of rotatable bonds is 5. The molecule has 1 aromatic carbocycles. The van der Waals surface area contributed by atoms with Crippen molar-refractivity contribution in [3.63, 3.8) is 0 Å². The van der Waals surface area contributed by atoms with Crippen molar-refractivity contribution in [1.82, 2.24) is 14.7 Å². The Morgan fingerprint density at radius 2 is 2.04 bits per heavy atom. The van der Waals surface area contributed by atoms with Crippen LogP contribution in [-0.2, 0) is 4.79 Å². The van der Waals surface area contributed by atoms with Crippen molar-refractivity contribution >= 4 is 23.5 Å². The molecule has 1 N–H and O–H groups in total. The van der Waals surface area contributed by atoms with E-state index in [0.29, 0.717) is 30.1 Å². The molecule has 0 spiro atoms. The van der Waals surface area contributed by atoms with Gasteiger partial charge in [-0.15, -0.1) is 0 Å². The molecule has 3 rings (SSSR count). The van der Waals surface area contributed by atoms with Gasteiger partial charge in [-0.2, -0.15) is 5.10 Å². The summed E-state index contributed by atoms with van der Waals surface area (Å²) in [6, 6.07) is 7.30. The van der Waals surface area contributed by atoms with E-state index in [1.165, 1.54) is 0 Å². The van der Waals surface area contributed by atoms with Crippen molar-refractivity contribution < 1.29 is 14.7 Å². The second kappa shape index (κ2) is 7.91. The highest BCUT2D eigenvalue weighted by molar-refractivity contribution is 6.30. The number of piperidine rings is 1. The smallest absolute Gasteiger partial charge is 0.303 e. The number of carboxylic acids is 1. The summed E-state index contributed by atoms with van der Waals surface area (Å²) in [7, 11) is 0. The summed E-state index contributed by atoms with van der Waals surface area (Å²) >= 11 is 5.93. The minimum absolute atomic E-state index is 0.0391. The van der Waals surface area contributed by atoms with Crippen LogP contribution in [0.3, 0.4) is 0 Å². The van der Waals surface area contributed by atoms with Gasteiger partial charge in [0.2, 0.25) is 0 Å². The molecule has 1 fully saturated rings. The highest BCUT2D eigenvalue weighted by Gasteiger charge is 2.27.